The summed E-state index contributed by atoms with van der Waals surface area (Å²) in [6.45, 7) is 4.00. The molecule has 1 saturated carbocycles. The largest absolute Gasteiger partial charge is 0.420 e. The first-order chi connectivity index (χ1) is 11.4. The van der Waals surface area contributed by atoms with E-state index < -0.39 is 10.0 Å². The molecule has 0 atom stereocenters. The Morgan fingerprint density at radius 2 is 2.04 bits per heavy atom. The summed E-state index contributed by atoms with van der Waals surface area (Å²) < 4.78 is 38.5. The van der Waals surface area contributed by atoms with E-state index in [0.717, 1.165) is 19.3 Å². The number of H-pyrrole nitrogens is 1. The number of nitrogens with zero attached hydrogens (tertiary/aromatic N) is 2. The highest BCUT2D eigenvalue weighted by molar-refractivity contribution is 7.89. The van der Waals surface area contributed by atoms with Gasteiger partial charge < -0.3 is 14.1 Å². The van der Waals surface area contributed by atoms with Gasteiger partial charge in [-0.05, 0) is 26.7 Å². The Balaban J connectivity index is 1.97. The van der Waals surface area contributed by atoms with Crippen LogP contribution in [0.5, 0.6) is 0 Å². The molecule has 8 nitrogen and oxygen atoms in total. The van der Waals surface area contributed by atoms with Crippen LogP contribution in [0.15, 0.2) is 9.31 Å². The van der Waals surface area contributed by atoms with Gasteiger partial charge in [0.25, 0.3) is 5.89 Å². The van der Waals surface area contributed by atoms with Gasteiger partial charge in [0.05, 0.1) is 12.2 Å². The smallest absolute Gasteiger partial charge is 0.250 e. The van der Waals surface area contributed by atoms with Crippen molar-refractivity contribution in [3.63, 3.8) is 0 Å². The molecule has 0 saturated heterocycles. The lowest BCUT2D eigenvalue weighted by atomic mass is 9.85. The summed E-state index contributed by atoms with van der Waals surface area (Å²) in [4.78, 5) is 3.21. The molecular formula is C15H22N4O4S. The number of hydrogen-bond acceptors (Lipinski definition) is 6. The lowest BCUT2D eigenvalue weighted by Gasteiger charge is -2.20. The number of methoxy groups -OCH3 is 1. The quantitative estimate of drug-likeness (QED) is 0.735. The van der Waals surface area contributed by atoms with E-state index in [0.29, 0.717) is 35.4 Å². The van der Waals surface area contributed by atoms with Gasteiger partial charge in [0.15, 0.2) is 0 Å². The molecule has 9 heteroatoms. The Bertz CT molecular complexity index is 821. The van der Waals surface area contributed by atoms with Crippen LogP contribution >= 0.6 is 0 Å². The van der Waals surface area contributed by atoms with Crippen LogP contribution < -0.4 is 4.72 Å². The molecule has 0 aromatic carbocycles. The van der Waals surface area contributed by atoms with Gasteiger partial charge in [-0.25, -0.2) is 13.1 Å². The molecule has 0 bridgehead atoms. The zero-order chi connectivity index (χ0) is 17.3. The highest BCUT2D eigenvalue weighted by Gasteiger charge is 2.31. The number of aromatic amines is 1. The average molecular weight is 354 g/mol. The van der Waals surface area contributed by atoms with Crippen LogP contribution in [-0.2, 0) is 14.8 Å². The normalized spacial score (nSPS) is 15.6. The third-order valence-electron chi connectivity index (χ3n) is 4.29. The minimum Gasteiger partial charge on any atom is -0.420 e. The maximum atomic E-state index is 12.7. The number of aromatic nitrogens is 3. The first-order valence-corrected chi connectivity index (χ1v) is 9.44. The molecule has 0 aliphatic heterocycles. The van der Waals surface area contributed by atoms with Gasteiger partial charge in [-0.15, -0.1) is 10.2 Å². The van der Waals surface area contributed by atoms with E-state index in [2.05, 4.69) is 19.9 Å². The second kappa shape index (κ2) is 6.66. The van der Waals surface area contributed by atoms with Crippen molar-refractivity contribution in [2.75, 3.05) is 20.3 Å². The number of hydrogen-bond donors (Lipinski definition) is 2. The molecule has 1 fully saturated rings. The number of sulfonamides is 1. The third-order valence-corrected chi connectivity index (χ3v) is 5.93. The Kier molecular flexibility index (Phi) is 4.75. The molecule has 132 valence electrons. The van der Waals surface area contributed by atoms with Crippen LogP contribution in [0, 0.1) is 13.8 Å². The topological polar surface area (TPSA) is 110 Å². The second-order valence-corrected chi connectivity index (χ2v) is 7.75. The SMILES string of the molecule is COCCNS(=O)(=O)c1c(C)[nH]c(C)c1-c1nnc(C2CCC2)o1. The Morgan fingerprint density at radius 3 is 2.67 bits per heavy atom. The zero-order valence-corrected chi connectivity index (χ0v) is 14.9. The Morgan fingerprint density at radius 1 is 1.29 bits per heavy atom. The maximum absolute atomic E-state index is 12.7. The molecule has 2 aromatic heterocycles. The fourth-order valence-corrected chi connectivity index (χ4v) is 4.32. The molecule has 0 amide bonds. The zero-order valence-electron chi connectivity index (χ0n) is 14.0. The molecule has 1 aliphatic carbocycles. The van der Waals surface area contributed by atoms with E-state index in [9.17, 15) is 8.42 Å². The predicted octanol–water partition coefficient (Wildman–Crippen LogP) is 1.87. The summed E-state index contributed by atoms with van der Waals surface area (Å²) in [7, 11) is -2.19. The standard InChI is InChI=1S/C15H22N4O4S/c1-9-12(15-19-18-14(23-15)11-5-4-6-11)13(10(2)17-9)24(20,21)16-7-8-22-3/h11,16-17H,4-8H2,1-3H3. The Hall–Kier alpha value is -1.71. The summed E-state index contributed by atoms with van der Waals surface area (Å²) >= 11 is 0. The summed E-state index contributed by atoms with van der Waals surface area (Å²) in [5.74, 6) is 1.13. The van der Waals surface area contributed by atoms with Gasteiger partial charge in [-0.1, -0.05) is 6.42 Å². The minimum absolute atomic E-state index is 0.153. The fourth-order valence-electron chi connectivity index (χ4n) is 2.86. The molecular weight excluding hydrogens is 332 g/mol. The number of rotatable bonds is 7. The van der Waals surface area contributed by atoms with Gasteiger partial charge >= 0.3 is 0 Å². The van der Waals surface area contributed by atoms with Crippen molar-refractivity contribution in [3.05, 3.63) is 17.3 Å². The highest BCUT2D eigenvalue weighted by Crippen LogP contribution is 2.38. The molecule has 0 spiro atoms. The maximum Gasteiger partial charge on any atom is 0.250 e. The number of ether oxygens (including phenoxy) is 1. The molecule has 0 unspecified atom stereocenters. The van der Waals surface area contributed by atoms with Gasteiger partial charge in [-0.2, -0.15) is 0 Å². The van der Waals surface area contributed by atoms with Crippen LogP contribution in [0.3, 0.4) is 0 Å². The van der Waals surface area contributed by atoms with Crippen molar-refractivity contribution in [1.29, 1.82) is 0 Å². The van der Waals surface area contributed by atoms with E-state index in [4.69, 9.17) is 9.15 Å². The van der Waals surface area contributed by atoms with Crippen LogP contribution in [0.1, 0.15) is 42.5 Å². The Labute approximate surface area is 141 Å². The fraction of sp³-hybridized carbons (Fsp3) is 0.600. The molecule has 3 rings (SSSR count). The van der Waals surface area contributed by atoms with Crippen molar-refractivity contribution in [2.45, 2.75) is 43.9 Å². The molecule has 24 heavy (non-hydrogen) atoms. The van der Waals surface area contributed by atoms with Crippen molar-refractivity contribution >= 4 is 10.0 Å². The lowest BCUT2D eigenvalue weighted by Crippen LogP contribution is -2.27. The van der Waals surface area contributed by atoms with Gasteiger partial charge in [0, 0.05) is 31.0 Å². The van der Waals surface area contributed by atoms with E-state index in [1.165, 1.54) is 7.11 Å². The van der Waals surface area contributed by atoms with Gasteiger partial charge in [-0.3, -0.25) is 0 Å². The molecule has 2 N–H and O–H groups in total. The highest BCUT2D eigenvalue weighted by atomic mass is 32.2. The third kappa shape index (κ3) is 3.11. The summed E-state index contributed by atoms with van der Waals surface area (Å²) in [6.07, 6.45) is 3.24. The van der Waals surface area contributed by atoms with Crippen molar-refractivity contribution in [2.24, 2.45) is 0 Å². The van der Waals surface area contributed by atoms with E-state index in [1.54, 1.807) is 13.8 Å². The minimum atomic E-state index is -3.71. The summed E-state index contributed by atoms with van der Waals surface area (Å²) in [5.41, 5.74) is 1.66. The first-order valence-electron chi connectivity index (χ1n) is 7.95. The van der Waals surface area contributed by atoms with E-state index >= 15 is 0 Å². The number of nitrogens with one attached hydrogen (secondary N) is 2. The molecule has 0 radical (unpaired) electrons. The van der Waals surface area contributed by atoms with Crippen LogP contribution in [0.2, 0.25) is 0 Å². The van der Waals surface area contributed by atoms with E-state index in [1.807, 2.05) is 0 Å². The summed E-state index contributed by atoms with van der Waals surface area (Å²) in [5, 5.41) is 8.18. The second-order valence-electron chi connectivity index (χ2n) is 6.04. The van der Waals surface area contributed by atoms with Crippen LogP contribution in [0.4, 0.5) is 0 Å². The average Bonchev–Trinajstić information content (AvgIpc) is 3.01. The van der Waals surface area contributed by atoms with Crippen LogP contribution in [-0.4, -0.2) is 43.9 Å². The van der Waals surface area contributed by atoms with Crippen LogP contribution in [0.25, 0.3) is 11.5 Å². The van der Waals surface area contributed by atoms with Crippen molar-refractivity contribution in [3.8, 4) is 11.5 Å². The van der Waals surface area contributed by atoms with Crippen molar-refractivity contribution in [1.82, 2.24) is 19.9 Å². The number of aryl methyl sites for hydroxylation is 2. The molecule has 1 aliphatic rings. The van der Waals surface area contributed by atoms with E-state index in [-0.39, 0.29) is 17.3 Å². The van der Waals surface area contributed by atoms with Gasteiger partial charge in [0.1, 0.15) is 4.90 Å². The predicted molar refractivity (Wildman–Crippen MR) is 87.2 cm³/mol. The molecule has 2 heterocycles. The van der Waals surface area contributed by atoms with Gasteiger partial charge in [0.2, 0.25) is 15.9 Å². The summed E-state index contributed by atoms with van der Waals surface area (Å²) in [6, 6.07) is 0. The lowest BCUT2D eigenvalue weighted by molar-refractivity contribution is 0.204. The first kappa shape index (κ1) is 17.1. The van der Waals surface area contributed by atoms with Crippen molar-refractivity contribution < 1.29 is 17.6 Å². The monoisotopic (exact) mass is 354 g/mol. The molecule has 2 aromatic rings.